The van der Waals surface area contributed by atoms with Crippen molar-refractivity contribution in [3.63, 3.8) is 0 Å². The van der Waals surface area contributed by atoms with Gasteiger partial charge in [-0.25, -0.2) is 0 Å². The van der Waals surface area contributed by atoms with Gasteiger partial charge in [-0.3, -0.25) is 19.9 Å². The highest BCUT2D eigenvalue weighted by molar-refractivity contribution is 8.16. The van der Waals surface area contributed by atoms with Crippen molar-refractivity contribution >= 4 is 40.1 Å². The number of carbonyl (C=O) groups is 2. The summed E-state index contributed by atoms with van der Waals surface area (Å²) in [6.45, 7) is 2.06. The van der Waals surface area contributed by atoms with Crippen LogP contribution in [0.4, 0.5) is 11.4 Å². The summed E-state index contributed by atoms with van der Waals surface area (Å²) in [4.78, 5) is 26.4. The van der Waals surface area contributed by atoms with Crippen LogP contribution in [-0.2, 0) is 16.0 Å². The summed E-state index contributed by atoms with van der Waals surface area (Å²) >= 11 is 1.11. The Kier molecular flexibility index (Phi) is 5.81. The van der Waals surface area contributed by atoms with Crippen LogP contribution in [0.2, 0.25) is 0 Å². The van der Waals surface area contributed by atoms with Crippen molar-refractivity contribution in [1.82, 2.24) is 0 Å². The lowest BCUT2D eigenvalue weighted by atomic mass is 10.1. The second kappa shape index (κ2) is 8.26. The third-order valence-corrected chi connectivity index (χ3v) is 5.36. The van der Waals surface area contributed by atoms with Crippen molar-refractivity contribution < 1.29 is 14.3 Å². The molecule has 1 fully saturated rings. The van der Waals surface area contributed by atoms with Gasteiger partial charge < -0.3 is 10.1 Å². The minimum atomic E-state index is -0.596. The average Bonchev–Trinajstić information content (AvgIpc) is 2.95. The van der Waals surface area contributed by atoms with Crippen LogP contribution in [0.25, 0.3) is 0 Å². The van der Waals surface area contributed by atoms with E-state index in [9.17, 15) is 9.59 Å². The summed E-state index contributed by atoms with van der Waals surface area (Å²) in [6.07, 6.45) is 0.927. The Hall–Kier alpha value is -2.80. The van der Waals surface area contributed by atoms with E-state index in [4.69, 9.17) is 10.1 Å². The van der Waals surface area contributed by atoms with E-state index in [1.165, 1.54) is 10.5 Å². The summed E-state index contributed by atoms with van der Waals surface area (Å²) in [5.74, 6) is 0.203. The van der Waals surface area contributed by atoms with Gasteiger partial charge in [-0.15, -0.1) is 0 Å². The number of methoxy groups -OCH3 is 1. The van der Waals surface area contributed by atoms with E-state index in [0.717, 1.165) is 18.2 Å². The maximum absolute atomic E-state index is 12.7. The number of hydrogen-bond donors (Lipinski definition) is 2. The molecule has 0 bridgehead atoms. The second-order valence-electron chi connectivity index (χ2n) is 6.09. The third kappa shape index (κ3) is 4.31. The summed E-state index contributed by atoms with van der Waals surface area (Å²) in [7, 11) is 1.58. The van der Waals surface area contributed by atoms with Gasteiger partial charge in [-0.2, -0.15) is 0 Å². The first-order valence-corrected chi connectivity index (χ1v) is 9.51. The molecule has 2 aromatic carbocycles. The van der Waals surface area contributed by atoms with Crippen LogP contribution in [0.3, 0.4) is 0 Å². The number of nitrogens with zero attached hydrogens (tertiary/aromatic N) is 1. The molecule has 3 rings (SSSR count). The molecule has 140 valence electrons. The molecular weight excluding hydrogens is 362 g/mol. The van der Waals surface area contributed by atoms with Crippen LogP contribution >= 0.6 is 11.8 Å². The lowest BCUT2D eigenvalue weighted by Gasteiger charge is -2.16. The summed E-state index contributed by atoms with van der Waals surface area (Å²) in [5, 5.41) is 10.5. The number of aryl methyl sites for hydroxylation is 1. The number of hydrogen-bond acceptors (Lipinski definition) is 5. The van der Waals surface area contributed by atoms with Crippen molar-refractivity contribution in [3.8, 4) is 5.75 Å². The van der Waals surface area contributed by atoms with Crippen molar-refractivity contribution in [1.29, 1.82) is 5.41 Å². The number of ether oxygens (including phenoxy) is 1. The van der Waals surface area contributed by atoms with Gasteiger partial charge >= 0.3 is 0 Å². The van der Waals surface area contributed by atoms with E-state index < -0.39 is 5.25 Å². The van der Waals surface area contributed by atoms with Crippen molar-refractivity contribution in [3.05, 3.63) is 54.1 Å². The van der Waals surface area contributed by atoms with Crippen LogP contribution in [0.15, 0.2) is 48.5 Å². The molecular formula is C20H21N3O3S. The number of thioether (sulfide) groups is 1. The average molecular weight is 383 g/mol. The van der Waals surface area contributed by atoms with Crippen LogP contribution in [0.5, 0.6) is 5.75 Å². The normalized spacial score (nSPS) is 16.5. The highest BCUT2D eigenvalue weighted by Gasteiger charge is 2.39. The highest BCUT2D eigenvalue weighted by atomic mass is 32.2. The van der Waals surface area contributed by atoms with Gasteiger partial charge in [0.1, 0.15) is 11.0 Å². The highest BCUT2D eigenvalue weighted by Crippen LogP contribution is 2.33. The number of carbonyl (C=O) groups excluding carboxylic acids is 2. The number of amidine groups is 1. The SMILES string of the molecule is CCc1ccc(N2C(=N)S[C@H](CC(=O)Nc3ccc(OC)cc3)C2=O)cc1. The summed E-state index contributed by atoms with van der Waals surface area (Å²) in [6, 6.07) is 14.6. The maximum Gasteiger partial charge on any atom is 0.247 e. The lowest BCUT2D eigenvalue weighted by molar-refractivity contribution is -0.121. The molecule has 2 amide bonds. The van der Waals surface area contributed by atoms with E-state index >= 15 is 0 Å². The van der Waals surface area contributed by atoms with E-state index in [1.54, 1.807) is 31.4 Å². The van der Waals surface area contributed by atoms with E-state index in [-0.39, 0.29) is 23.4 Å². The molecule has 1 aliphatic rings. The van der Waals surface area contributed by atoms with Gasteiger partial charge in [0, 0.05) is 12.1 Å². The molecule has 7 heteroatoms. The quantitative estimate of drug-likeness (QED) is 0.797. The van der Waals surface area contributed by atoms with Crippen molar-refractivity contribution in [2.24, 2.45) is 0 Å². The largest absolute Gasteiger partial charge is 0.497 e. The van der Waals surface area contributed by atoms with Gasteiger partial charge in [-0.1, -0.05) is 30.8 Å². The minimum absolute atomic E-state index is 0.0153. The van der Waals surface area contributed by atoms with Gasteiger partial charge in [-0.05, 0) is 48.4 Å². The van der Waals surface area contributed by atoms with Gasteiger partial charge in [0.2, 0.25) is 11.8 Å². The summed E-state index contributed by atoms with van der Waals surface area (Å²) < 4.78 is 5.09. The zero-order valence-electron chi connectivity index (χ0n) is 15.2. The third-order valence-electron chi connectivity index (χ3n) is 4.30. The van der Waals surface area contributed by atoms with Crippen LogP contribution in [0.1, 0.15) is 18.9 Å². The summed E-state index contributed by atoms with van der Waals surface area (Å²) in [5.41, 5.74) is 2.46. The maximum atomic E-state index is 12.7. The molecule has 1 atom stereocenters. The van der Waals surface area contributed by atoms with Gasteiger partial charge in [0.25, 0.3) is 0 Å². The first kappa shape index (κ1) is 19.0. The Morgan fingerprint density at radius 2 is 1.85 bits per heavy atom. The topological polar surface area (TPSA) is 82.5 Å². The molecule has 0 unspecified atom stereocenters. The molecule has 0 radical (unpaired) electrons. The predicted octanol–water partition coefficient (Wildman–Crippen LogP) is 3.67. The predicted molar refractivity (Wildman–Crippen MR) is 109 cm³/mol. The lowest BCUT2D eigenvalue weighted by Crippen LogP contribution is -2.33. The second-order valence-corrected chi connectivity index (χ2v) is 7.28. The Morgan fingerprint density at radius 3 is 2.44 bits per heavy atom. The van der Waals surface area contributed by atoms with Gasteiger partial charge in [0.05, 0.1) is 12.8 Å². The molecule has 0 aromatic heterocycles. The number of rotatable bonds is 6. The molecule has 1 heterocycles. The zero-order chi connectivity index (χ0) is 19.4. The van der Waals surface area contributed by atoms with Crippen LogP contribution in [0, 0.1) is 5.41 Å². The Bertz CT molecular complexity index is 850. The number of anilines is 2. The smallest absolute Gasteiger partial charge is 0.247 e. The number of nitrogens with one attached hydrogen (secondary N) is 2. The fraction of sp³-hybridized carbons (Fsp3) is 0.250. The first-order chi connectivity index (χ1) is 13.0. The first-order valence-electron chi connectivity index (χ1n) is 8.64. The zero-order valence-corrected chi connectivity index (χ0v) is 16.0. The number of amides is 2. The molecule has 2 aromatic rings. The molecule has 0 saturated carbocycles. The van der Waals surface area contributed by atoms with Gasteiger partial charge in [0.15, 0.2) is 5.17 Å². The fourth-order valence-electron chi connectivity index (χ4n) is 2.79. The Balaban J connectivity index is 1.64. The van der Waals surface area contributed by atoms with Crippen molar-refractivity contribution in [2.45, 2.75) is 25.0 Å². The Labute approximate surface area is 162 Å². The Morgan fingerprint density at radius 1 is 1.19 bits per heavy atom. The monoisotopic (exact) mass is 383 g/mol. The van der Waals surface area contributed by atoms with E-state index in [1.807, 2.05) is 24.3 Å². The fourth-order valence-corrected chi connectivity index (χ4v) is 3.80. The standard InChI is InChI=1S/C20H21N3O3S/c1-3-13-4-8-15(9-5-13)23-19(25)17(27-20(23)21)12-18(24)22-14-6-10-16(26-2)11-7-14/h4-11,17,21H,3,12H2,1-2H3,(H,22,24)/t17-/m1/s1. The van der Waals surface area contributed by atoms with Crippen LogP contribution < -0.4 is 15.0 Å². The molecule has 1 aliphatic heterocycles. The molecule has 27 heavy (non-hydrogen) atoms. The van der Waals surface area contributed by atoms with E-state index in [0.29, 0.717) is 17.1 Å². The van der Waals surface area contributed by atoms with Crippen molar-refractivity contribution in [2.75, 3.05) is 17.3 Å². The molecule has 0 aliphatic carbocycles. The molecule has 0 spiro atoms. The number of benzene rings is 2. The minimum Gasteiger partial charge on any atom is -0.497 e. The molecule has 6 nitrogen and oxygen atoms in total. The molecule has 1 saturated heterocycles. The molecule has 2 N–H and O–H groups in total. The van der Waals surface area contributed by atoms with Crippen LogP contribution in [-0.4, -0.2) is 29.3 Å². The van der Waals surface area contributed by atoms with E-state index in [2.05, 4.69) is 12.2 Å².